The number of aromatic nitrogens is 2. The van der Waals surface area contributed by atoms with Crippen LogP contribution in [0.3, 0.4) is 0 Å². The summed E-state index contributed by atoms with van der Waals surface area (Å²) in [5.74, 6) is 0.610. The number of nitrogens with zero attached hydrogens (tertiary/aromatic N) is 2. The fourth-order valence-electron chi connectivity index (χ4n) is 3.53. The predicted molar refractivity (Wildman–Crippen MR) is 121 cm³/mol. The summed E-state index contributed by atoms with van der Waals surface area (Å²) < 4.78 is 5.50. The van der Waals surface area contributed by atoms with Gasteiger partial charge < -0.3 is 20.1 Å². The van der Waals surface area contributed by atoms with Crippen LogP contribution in [0.2, 0.25) is 0 Å². The van der Waals surface area contributed by atoms with Crippen LogP contribution in [0.1, 0.15) is 41.3 Å². The molecule has 2 aromatic heterocycles. The lowest BCUT2D eigenvalue weighted by atomic mass is 9.94. The molecule has 1 aromatic carbocycles. The molecule has 0 aliphatic heterocycles. The van der Waals surface area contributed by atoms with Crippen molar-refractivity contribution in [1.29, 1.82) is 0 Å². The topological polar surface area (TPSA) is 108 Å². The first-order valence-electron chi connectivity index (χ1n) is 10.5. The Labute approximate surface area is 186 Å². The quantitative estimate of drug-likeness (QED) is 0.443. The summed E-state index contributed by atoms with van der Waals surface area (Å²) in [6.07, 6.45) is 2.68. The first-order valence-corrected chi connectivity index (χ1v) is 11.3. The molecule has 0 spiro atoms. The number of carbonyl (C=O) groups is 1. The molecule has 0 bridgehead atoms. The summed E-state index contributed by atoms with van der Waals surface area (Å²) in [6.45, 7) is 5.78. The summed E-state index contributed by atoms with van der Waals surface area (Å²) in [5.41, 5.74) is 4.24. The van der Waals surface area contributed by atoms with Gasteiger partial charge >= 0.3 is 0 Å². The van der Waals surface area contributed by atoms with Gasteiger partial charge in [0.2, 0.25) is 11.7 Å². The van der Waals surface area contributed by atoms with Gasteiger partial charge in [0.05, 0.1) is 11.0 Å². The van der Waals surface area contributed by atoms with Crippen LogP contribution in [0.15, 0.2) is 28.8 Å². The number of thiophene rings is 1. The van der Waals surface area contributed by atoms with Crippen LogP contribution in [0.5, 0.6) is 0 Å². The molecule has 3 N–H and O–H groups in total. The lowest BCUT2D eigenvalue weighted by Crippen LogP contribution is -2.34. The van der Waals surface area contributed by atoms with E-state index >= 15 is 0 Å². The molecule has 0 radical (unpaired) electrons. The first-order chi connectivity index (χ1) is 14.9. The van der Waals surface area contributed by atoms with Crippen molar-refractivity contribution in [2.24, 2.45) is 0 Å². The van der Waals surface area contributed by atoms with E-state index in [2.05, 4.69) is 28.4 Å². The van der Waals surface area contributed by atoms with Gasteiger partial charge in [0, 0.05) is 17.0 Å². The maximum absolute atomic E-state index is 11.1. The van der Waals surface area contributed by atoms with Crippen molar-refractivity contribution in [2.45, 2.75) is 52.6 Å². The Morgan fingerprint density at radius 2 is 1.97 bits per heavy atom. The van der Waals surface area contributed by atoms with E-state index in [1.807, 2.05) is 32.0 Å². The van der Waals surface area contributed by atoms with E-state index in [0.717, 1.165) is 40.0 Å². The number of aliphatic hydroxyl groups excluding tert-OH is 2. The molecular weight excluding hydrogens is 414 g/mol. The molecule has 1 amide bonds. The van der Waals surface area contributed by atoms with E-state index in [9.17, 15) is 9.90 Å². The summed E-state index contributed by atoms with van der Waals surface area (Å²) >= 11 is 1.68. The zero-order valence-electron chi connectivity index (χ0n) is 18.1. The van der Waals surface area contributed by atoms with E-state index in [0.29, 0.717) is 24.6 Å². The molecule has 0 aliphatic carbocycles. The fourth-order valence-corrected chi connectivity index (χ4v) is 4.56. The largest absolute Gasteiger partial charge is 0.391 e. The summed E-state index contributed by atoms with van der Waals surface area (Å²) in [7, 11) is 0. The zero-order valence-corrected chi connectivity index (χ0v) is 19.0. The number of amides is 1. The third kappa shape index (κ3) is 6.00. The Morgan fingerprint density at radius 1 is 1.23 bits per heavy atom. The van der Waals surface area contributed by atoms with Gasteiger partial charge in [-0.15, -0.1) is 11.3 Å². The molecular formula is C23H29N3O4S. The van der Waals surface area contributed by atoms with Crippen molar-refractivity contribution >= 4 is 17.2 Å². The van der Waals surface area contributed by atoms with Gasteiger partial charge in [0.1, 0.15) is 6.61 Å². The zero-order chi connectivity index (χ0) is 22.4. The van der Waals surface area contributed by atoms with Crippen molar-refractivity contribution in [2.75, 3.05) is 13.2 Å². The highest BCUT2D eigenvalue weighted by Crippen LogP contribution is 2.30. The molecule has 0 unspecified atom stereocenters. The predicted octanol–water partition coefficient (Wildman–Crippen LogP) is 3.44. The number of rotatable bonds is 10. The Kier molecular flexibility index (Phi) is 7.95. The summed E-state index contributed by atoms with van der Waals surface area (Å²) in [6, 6.07) is 8.21. The minimum absolute atomic E-state index is 0.129. The van der Waals surface area contributed by atoms with E-state index < -0.39 is 18.6 Å². The van der Waals surface area contributed by atoms with Crippen LogP contribution in [-0.4, -0.2) is 45.5 Å². The van der Waals surface area contributed by atoms with Crippen molar-refractivity contribution in [3.8, 4) is 22.2 Å². The maximum atomic E-state index is 11.1. The fraction of sp³-hybridized carbons (Fsp3) is 0.435. The van der Waals surface area contributed by atoms with Crippen LogP contribution >= 0.6 is 11.3 Å². The third-order valence-electron chi connectivity index (χ3n) is 5.16. The number of hydrogen-bond donors (Lipinski definition) is 3. The standard InChI is InChI=1S/C23H29N3O4S/c1-4-5-18-7-9-20(31-18)23-25-22(26-30-23)16-10-14(2)19(15(3)11-16)8-6-17(28)12-24-21(29)13-27/h7,9-11,17,27-28H,4-6,8,12-13H2,1-3H3,(H,24,29)/t17-/m0/s1. The molecule has 0 fully saturated rings. The van der Waals surface area contributed by atoms with Crippen LogP contribution in [0.4, 0.5) is 0 Å². The summed E-state index contributed by atoms with van der Waals surface area (Å²) in [4.78, 5) is 18.0. The van der Waals surface area contributed by atoms with E-state index in [-0.39, 0.29) is 6.54 Å². The van der Waals surface area contributed by atoms with Crippen molar-refractivity contribution in [1.82, 2.24) is 15.5 Å². The number of hydrogen-bond acceptors (Lipinski definition) is 7. The second-order valence-corrected chi connectivity index (χ2v) is 8.85. The van der Waals surface area contributed by atoms with Crippen LogP contribution < -0.4 is 5.32 Å². The molecule has 0 aliphatic rings. The number of carbonyl (C=O) groups excluding carboxylic acids is 1. The Balaban J connectivity index is 1.69. The van der Waals surface area contributed by atoms with Crippen molar-refractivity contribution < 1.29 is 19.5 Å². The second kappa shape index (κ2) is 10.7. The van der Waals surface area contributed by atoms with Crippen LogP contribution in [0, 0.1) is 13.8 Å². The summed E-state index contributed by atoms with van der Waals surface area (Å²) in [5, 5.41) is 25.5. The Hall–Kier alpha value is -2.55. The molecule has 0 saturated carbocycles. The lowest BCUT2D eigenvalue weighted by molar-refractivity contribution is -0.124. The van der Waals surface area contributed by atoms with Gasteiger partial charge in [-0.3, -0.25) is 4.79 Å². The lowest BCUT2D eigenvalue weighted by Gasteiger charge is -2.15. The smallest absolute Gasteiger partial charge is 0.268 e. The molecule has 0 saturated heterocycles. The Bertz CT molecular complexity index is 1000. The first kappa shape index (κ1) is 23.1. The van der Waals surface area contributed by atoms with Crippen LogP contribution in [-0.2, 0) is 17.6 Å². The van der Waals surface area contributed by atoms with Crippen molar-refractivity contribution in [3.63, 3.8) is 0 Å². The molecule has 1 atom stereocenters. The number of aryl methyl sites for hydroxylation is 3. The molecule has 2 heterocycles. The molecule has 31 heavy (non-hydrogen) atoms. The van der Waals surface area contributed by atoms with E-state index in [1.54, 1.807) is 11.3 Å². The third-order valence-corrected chi connectivity index (χ3v) is 6.29. The van der Waals surface area contributed by atoms with Gasteiger partial charge in [-0.05, 0) is 74.1 Å². The minimum Gasteiger partial charge on any atom is -0.391 e. The van der Waals surface area contributed by atoms with Crippen molar-refractivity contribution in [3.05, 3.63) is 45.8 Å². The molecule has 3 aromatic rings. The normalized spacial score (nSPS) is 12.2. The Morgan fingerprint density at radius 3 is 2.65 bits per heavy atom. The number of benzene rings is 1. The number of nitrogens with one attached hydrogen (secondary N) is 1. The van der Waals surface area contributed by atoms with Gasteiger partial charge in [-0.1, -0.05) is 18.5 Å². The molecule has 166 valence electrons. The minimum atomic E-state index is -0.669. The highest BCUT2D eigenvalue weighted by molar-refractivity contribution is 7.15. The average molecular weight is 444 g/mol. The van der Waals surface area contributed by atoms with E-state index in [4.69, 9.17) is 9.63 Å². The van der Waals surface area contributed by atoms with Crippen LogP contribution in [0.25, 0.3) is 22.2 Å². The monoisotopic (exact) mass is 443 g/mol. The van der Waals surface area contributed by atoms with Gasteiger partial charge in [0.25, 0.3) is 5.89 Å². The van der Waals surface area contributed by atoms with Gasteiger partial charge in [0.15, 0.2) is 0 Å². The number of aliphatic hydroxyl groups is 2. The molecule has 7 nitrogen and oxygen atoms in total. The highest BCUT2D eigenvalue weighted by atomic mass is 32.1. The highest BCUT2D eigenvalue weighted by Gasteiger charge is 2.16. The maximum Gasteiger partial charge on any atom is 0.268 e. The van der Waals surface area contributed by atoms with Gasteiger partial charge in [-0.25, -0.2) is 0 Å². The van der Waals surface area contributed by atoms with Gasteiger partial charge in [-0.2, -0.15) is 4.98 Å². The second-order valence-electron chi connectivity index (χ2n) is 7.68. The van der Waals surface area contributed by atoms with E-state index in [1.165, 1.54) is 4.88 Å². The molecule has 8 heteroatoms. The average Bonchev–Trinajstić information content (AvgIpc) is 3.41. The molecule has 3 rings (SSSR count). The SMILES string of the molecule is CCCc1ccc(-c2nc(-c3cc(C)c(CC[C@H](O)CNC(=O)CO)c(C)c3)no2)s1.